The first-order chi connectivity index (χ1) is 12.2. The van der Waals surface area contributed by atoms with Crippen molar-refractivity contribution in [3.63, 3.8) is 0 Å². The number of thiazole rings is 1. The van der Waals surface area contributed by atoms with Crippen LogP contribution in [-0.4, -0.2) is 10.9 Å². The Morgan fingerprint density at radius 2 is 2.04 bits per heavy atom. The van der Waals surface area contributed by atoms with Crippen molar-refractivity contribution in [3.05, 3.63) is 69.9 Å². The highest BCUT2D eigenvalue weighted by atomic mass is 32.2. The molecule has 0 saturated carbocycles. The van der Waals surface area contributed by atoms with Crippen molar-refractivity contribution in [2.75, 3.05) is 5.32 Å². The van der Waals surface area contributed by atoms with Gasteiger partial charge < -0.3 is 10.6 Å². The van der Waals surface area contributed by atoms with Crippen LogP contribution in [0.4, 0.5) is 10.1 Å². The minimum absolute atomic E-state index is 0.169. The van der Waals surface area contributed by atoms with Crippen molar-refractivity contribution in [1.82, 2.24) is 10.3 Å². The fourth-order valence-corrected chi connectivity index (χ4v) is 4.22. The van der Waals surface area contributed by atoms with Crippen molar-refractivity contribution < 1.29 is 9.18 Å². The van der Waals surface area contributed by atoms with Crippen LogP contribution >= 0.6 is 23.1 Å². The molecule has 25 heavy (non-hydrogen) atoms. The maximum atomic E-state index is 14.5. The molecule has 7 heteroatoms. The number of hydrogen-bond donors (Lipinski definition) is 2. The molecule has 0 radical (unpaired) electrons. The minimum Gasteiger partial charge on any atom is -0.321 e. The van der Waals surface area contributed by atoms with Crippen LogP contribution in [0, 0.1) is 5.82 Å². The van der Waals surface area contributed by atoms with E-state index in [0.29, 0.717) is 34.8 Å². The summed E-state index contributed by atoms with van der Waals surface area (Å²) < 4.78 is 14.5. The van der Waals surface area contributed by atoms with Gasteiger partial charge in [0.2, 0.25) is 0 Å². The summed E-state index contributed by atoms with van der Waals surface area (Å²) >= 11 is 2.95. The van der Waals surface area contributed by atoms with Crippen LogP contribution < -0.4 is 10.6 Å². The molecule has 126 valence electrons. The van der Waals surface area contributed by atoms with Gasteiger partial charge in [0.25, 0.3) is 5.91 Å². The first-order valence-corrected chi connectivity index (χ1v) is 9.39. The van der Waals surface area contributed by atoms with Crippen molar-refractivity contribution in [2.45, 2.75) is 22.9 Å². The Bertz CT molecular complexity index is 928. The van der Waals surface area contributed by atoms with E-state index in [0.717, 1.165) is 9.77 Å². The maximum absolute atomic E-state index is 14.5. The molecule has 0 unspecified atom stereocenters. The zero-order valence-corrected chi connectivity index (χ0v) is 14.7. The summed E-state index contributed by atoms with van der Waals surface area (Å²) in [6.45, 7) is 1.01. The highest BCUT2D eigenvalue weighted by Gasteiger charge is 2.21. The monoisotopic (exact) mass is 371 g/mol. The SMILES string of the molecule is O=C1Nc2cc(CNCc3cncs3)c(F)cc2Sc2ccccc21. The molecule has 2 heterocycles. The Morgan fingerprint density at radius 1 is 1.16 bits per heavy atom. The van der Waals surface area contributed by atoms with E-state index in [1.807, 2.05) is 18.2 Å². The summed E-state index contributed by atoms with van der Waals surface area (Å²) in [6, 6.07) is 10.5. The molecule has 2 aromatic carbocycles. The number of rotatable bonds is 4. The number of halogens is 1. The van der Waals surface area contributed by atoms with Gasteiger partial charge in [0.1, 0.15) is 5.82 Å². The fraction of sp³-hybridized carbons (Fsp3) is 0.111. The van der Waals surface area contributed by atoms with E-state index in [1.165, 1.54) is 17.8 Å². The highest BCUT2D eigenvalue weighted by Crippen LogP contribution is 2.39. The number of fused-ring (bicyclic) bond motifs is 2. The fourth-order valence-electron chi connectivity index (χ4n) is 2.62. The zero-order chi connectivity index (χ0) is 17.2. The second-order valence-electron chi connectivity index (χ2n) is 5.56. The Kier molecular flexibility index (Phi) is 4.52. The van der Waals surface area contributed by atoms with Gasteiger partial charge in [-0.05, 0) is 24.3 Å². The zero-order valence-electron chi connectivity index (χ0n) is 13.1. The van der Waals surface area contributed by atoms with E-state index in [2.05, 4.69) is 15.6 Å². The Morgan fingerprint density at radius 3 is 2.88 bits per heavy atom. The molecule has 0 saturated heterocycles. The van der Waals surface area contributed by atoms with Crippen molar-refractivity contribution >= 4 is 34.7 Å². The number of carbonyl (C=O) groups excluding carboxylic acids is 1. The van der Waals surface area contributed by atoms with Crippen LogP contribution in [0.5, 0.6) is 0 Å². The Labute approximate surface area is 152 Å². The molecule has 4 nitrogen and oxygen atoms in total. The van der Waals surface area contributed by atoms with Gasteiger partial charge in [0, 0.05) is 39.5 Å². The summed E-state index contributed by atoms with van der Waals surface area (Å²) in [6.07, 6.45) is 1.79. The van der Waals surface area contributed by atoms with Gasteiger partial charge in [-0.2, -0.15) is 0 Å². The second-order valence-corrected chi connectivity index (χ2v) is 7.62. The molecule has 1 aliphatic heterocycles. The molecule has 0 spiro atoms. The molecule has 1 aromatic heterocycles. The number of nitrogens with zero attached hydrogens (tertiary/aromatic N) is 1. The summed E-state index contributed by atoms with van der Waals surface area (Å²) in [5.74, 6) is -0.450. The average molecular weight is 371 g/mol. The van der Waals surface area contributed by atoms with E-state index >= 15 is 0 Å². The highest BCUT2D eigenvalue weighted by molar-refractivity contribution is 7.99. The van der Waals surface area contributed by atoms with E-state index in [-0.39, 0.29) is 11.7 Å². The lowest BCUT2D eigenvalue weighted by atomic mass is 10.1. The molecular weight excluding hydrogens is 357 g/mol. The third-order valence-electron chi connectivity index (χ3n) is 3.85. The molecule has 0 aliphatic carbocycles. The number of nitrogens with one attached hydrogen (secondary N) is 2. The molecule has 1 amide bonds. The molecule has 0 bridgehead atoms. The van der Waals surface area contributed by atoms with E-state index < -0.39 is 0 Å². The van der Waals surface area contributed by atoms with Gasteiger partial charge >= 0.3 is 0 Å². The number of hydrogen-bond acceptors (Lipinski definition) is 5. The number of benzene rings is 2. The van der Waals surface area contributed by atoms with E-state index in [4.69, 9.17) is 0 Å². The number of aromatic nitrogens is 1. The molecule has 3 aromatic rings. The van der Waals surface area contributed by atoms with Gasteiger partial charge in [-0.25, -0.2) is 4.39 Å². The normalized spacial score (nSPS) is 12.9. The average Bonchev–Trinajstić information content (AvgIpc) is 3.07. The van der Waals surface area contributed by atoms with Crippen LogP contribution in [0.1, 0.15) is 20.8 Å². The van der Waals surface area contributed by atoms with E-state index in [1.54, 1.807) is 35.2 Å². The largest absolute Gasteiger partial charge is 0.321 e. The number of amides is 1. The van der Waals surface area contributed by atoms with Gasteiger partial charge in [0.15, 0.2) is 0 Å². The smallest absolute Gasteiger partial charge is 0.256 e. The lowest BCUT2D eigenvalue weighted by Crippen LogP contribution is -2.15. The molecule has 0 atom stereocenters. The number of anilines is 1. The summed E-state index contributed by atoms with van der Waals surface area (Å²) in [5.41, 5.74) is 3.54. The predicted octanol–water partition coefficient (Wildman–Crippen LogP) is 4.29. The standard InChI is InChI=1S/C18H14FN3OS2/c19-14-6-17-15(5-11(14)7-20-8-12-9-21-10-24-12)22-18(23)13-3-1-2-4-16(13)25-17/h1-6,9-10,20H,7-8H2,(H,22,23). The van der Waals surface area contributed by atoms with Gasteiger partial charge in [0.05, 0.1) is 16.8 Å². The van der Waals surface area contributed by atoms with E-state index in [9.17, 15) is 9.18 Å². The van der Waals surface area contributed by atoms with Gasteiger partial charge in [-0.3, -0.25) is 9.78 Å². The lowest BCUT2D eigenvalue weighted by Gasteiger charge is -2.11. The Hall–Kier alpha value is -2.22. The van der Waals surface area contributed by atoms with Crippen molar-refractivity contribution in [2.24, 2.45) is 0 Å². The lowest BCUT2D eigenvalue weighted by molar-refractivity contribution is 0.102. The van der Waals surface area contributed by atoms with Crippen molar-refractivity contribution in [1.29, 1.82) is 0 Å². The summed E-state index contributed by atoms with van der Waals surface area (Å²) in [5, 5.41) is 6.09. The van der Waals surface area contributed by atoms with Crippen LogP contribution in [0.15, 0.2) is 57.9 Å². The van der Waals surface area contributed by atoms with Crippen molar-refractivity contribution in [3.8, 4) is 0 Å². The summed E-state index contributed by atoms with van der Waals surface area (Å²) in [4.78, 5) is 19.0. The Balaban J connectivity index is 1.57. The van der Waals surface area contributed by atoms with Crippen LogP contribution in [0.3, 0.4) is 0 Å². The molecule has 4 rings (SSSR count). The quantitative estimate of drug-likeness (QED) is 0.718. The van der Waals surface area contributed by atoms with Crippen LogP contribution in [-0.2, 0) is 13.1 Å². The first-order valence-electron chi connectivity index (χ1n) is 7.69. The topological polar surface area (TPSA) is 54.0 Å². The third kappa shape index (κ3) is 3.44. The van der Waals surface area contributed by atoms with Gasteiger partial charge in [-0.15, -0.1) is 11.3 Å². The number of carbonyl (C=O) groups is 1. The molecule has 0 fully saturated rings. The predicted molar refractivity (Wildman–Crippen MR) is 97.6 cm³/mol. The molecule has 1 aliphatic rings. The third-order valence-corrected chi connectivity index (χ3v) is 5.76. The molecule has 2 N–H and O–H groups in total. The summed E-state index contributed by atoms with van der Waals surface area (Å²) in [7, 11) is 0. The molecular formula is C18H14FN3OS2. The van der Waals surface area contributed by atoms with Gasteiger partial charge in [-0.1, -0.05) is 23.9 Å². The minimum atomic E-state index is -0.281. The second kappa shape index (κ2) is 6.95. The maximum Gasteiger partial charge on any atom is 0.256 e. The van der Waals surface area contributed by atoms with Crippen LogP contribution in [0.25, 0.3) is 0 Å². The first kappa shape index (κ1) is 16.3. The van der Waals surface area contributed by atoms with Crippen LogP contribution in [0.2, 0.25) is 0 Å².